The summed E-state index contributed by atoms with van der Waals surface area (Å²) in [5.74, 6) is 0.465. The van der Waals surface area contributed by atoms with Gasteiger partial charge in [-0.1, -0.05) is 24.3 Å². The summed E-state index contributed by atoms with van der Waals surface area (Å²) in [5.41, 5.74) is 1.77. The van der Waals surface area contributed by atoms with Crippen LogP contribution in [0.5, 0.6) is 0 Å². The van der Waals surface area contributed by atoms with Gasteiger partial charge in [0, 0.05) is 17.8 Å². The second kappa shape index (κ2) is 5.92. The largest absolute Gasteiger partial charge is 0.319 e. The minimum atomic E-state index is -0.266. The molecule has 0 aliphatic rings. The summed E-state index contributed by atoms with van der Waals surface area (Å²) >= 11 is 0. The molecule has 0 atom stereocenters. The molecule has 0 saturated carbocycles. The van der Waals surface area contributed by atoms with Gasteiger partial charge in [0.2, 0.25) is 0 Å². The monoisotopic (exact) mass is 315 g/mol. The first-order valence-electron chi connectivity index (χ1n) is 7.41. The Bertz CT molecular complexity index is 994. The molecule has 0 bridgehead atoms. The molecule has 4 aromatic rings. The Hall–Kier alpha value is -3.54. The molecule has 0 fully saturated rings. The van der Waals surface area contributed by atoms with Crippen LogP contribution in [0.4, 0.5) is 5.69 Å². The van der Waals surface area contributed by atoms with E-state index in [0.29, 0.717) is 11.4 Å². The summed E-state index contributed by atoms with van der Waals surface area (Å²) in [4.78, 5) is 25.0. The summed E-state index contributed by atoms with van der Waals surface area (Å²) in [7, 11) is 0. The fraction of sp³-hybridized carbons (Fsp3) is 0. The van der Waals surface area contributed by atoms with E-state index in [1.165, 1.54) is 0 Å². The highest BCUT2D eigenvalue weighted by Crippen LogP contribution is 2.14. The van der Waals surface area contributed by atoms with Crippen LogP contribution in [-0.4, -0.2) is 25.4 Å². The maximum absolute atomic E-state index is 12.4. The quantitative estimate of drug-likeness (QED) is 0.630. The summed E-state index contributed by atoms with van der Waals surface area (Å²) in [5, 5.41) is 3.81. The van der Waals surface area contributed by atoms with Crippen LogP contribution in [0.2, 0.25) is 0 Å². The molecule has 1 amide bonds. The molecule has 1 aromatic carbocycles. The number of hydrogen-bond acceptors (Lipinski definition) is 4. The molecule has 1 N–H and O–H groups in total. The molecule has 6 heteroatoms. The first-order valence-corrected chi connectivity index (χ1v) is 7.41. The van der Waals surface area contributed by atoms with Gasteiger partial charge in [0.25, 0.3) is 5.91 Å². The van der Waals surface area contributed by atoms with E-state index in [2.05, 4.69) is 20.3 Å². The molecule has 3 heterocycles. The van der Waals surface area contributed by atoms with Gasteiger partial charge in [-0.3, -0.25) is 9.36 Å². The van der Waals surface area contributed by atoms with Gasteiger partial charge >= 0.3 is 0 Å². The third-order valence-electron chi connectivity index (χ3n) is 3.61. The lowest BCUT2D eigenvalue weighted by Crippen LogP contribution is -2.14. The molecular weight excluding hydrogens is 302 g/mol. The topological polar surface area (TPSA) is 72.7 Å². The molecule has 0 aliphatic carbocycles. The van der Waals surface area contributed by atoms with Crippen LogP contribution < -0.4 is 5.32 Å². The van der Waals surface area contributed by atoms with E-state index in [1.807, 2.05) is 36.4 Å². The van der Waals surface area contributed by atoms with Crippen LogP contribution in [0.25, 0.3) is 16.7 Å². The smallest absolute Gasteiger partial charge is 0.274 e. The Labute approximate surface area is 137 Å². The first kappa shape index (κ1) is 14.1. The molecule has 116 valence electrons. The van der Waals surface area contributed by atoms with E-state index in [9.17, 15) is 4.79 Å². The van der Waals surface area contributed by atoms with Crippen molar-refractivity contribution in [2.75, 3.05) is 5.32 Å². The number of hydrogen-bond donors (Lipinski definition) is 1. The highest BCUT2D eigenvalue weighted by molar-refractivity contribution is 6.03. The van der Waals surface area contributed by atoms with E-state index >= 15 is 0 Å². The first-order chi connectivity index (χ1) is 11.8. The normalized spacial score (nSPS) is 10.7. The summed E-state index contributed by atoms with van der Waals surface area (Å²) in [6, 6.07) is 14.9. The van der Waals surface area contributed by atoms with E-state index in [1.54, 1.807) is 41.6 Å². The highest BCUT2D eigenvalue weighted by Gasteiger charge is 2.09. The SMILES string of the molecule is O=C(Nc1ccc(-n2ccnc2)nc1)c1ccc2ccccc2n1. The zero-order valence-electron chi connectivity index (χ0n) is 12.6. The Balaban J connectivity index is 1.54. The average Bonchev–Trinajstić information content (AvgIpc) is 3.16. The van der Waals surface area contributed by atoms with Crippen LogP contribution in [0.15, 0.2) is 73.4 Å². The number of amides is 1. The number of rotatable bonds is 3. The number of nitrogens with one attached hydrogen (secondary N) is 1. The maximum Gasteiger partial charge on any atom is 0.274 e. The Kier molecular flexibility index (Phi) is 3.47. The van der Waals surface area contributed by atoms with Gasteiger partial charge in [-0.05, 0) is 24.3 Å². The van der Waals surface area contributed by atoms with Crippen molar-refractivity contribution < 1.29 is 4.79 Å². The number of aromatic nitrogens is 4. The van der Waals surface area contributed by atoms with Gasteiger partial charge in [0.1, 0.15) is 17.8 Å². The second-order valence-corrected chi connectivity index (χ2v) is 5.22. The lowest BCUT2D eigenvalue weighted by atomic mass is 10.2. The molecule has 0 aliphatic heterocycles. The second-order valence-electron chi connectivity index (χ2n) is 5.22. The summed E-state index contributed by atoms with van der Waals surface area (Å²) in [6.45, 7) is 0. The third-order valence-corrected chi connectivity index (χ3v) is 3.61. The van der Waals surface area contributed by atoms with Crippen molar-refractivity contribution in [3.05, 3.63) is 79.1 Å². The fourth-order valence-corrected chi connectivity index (χ4v) is 2.39. The Morgan fingerprint density at radius 3 is 2.75 bits per heavy atom. The molecule has 4 rings (SSSR count). The lowest BCUT2D eigenvalue weighted by molar-refractivity contribution is 0.102. The number of carbonyl (C=O) groups is 1. The third kappa shape index (κ3) is 2.72. The molecule has 3 aromatic heterocycles. The molecular formula is C18H13N5O. The molecule has 0 unspecified atom stereocenters. The number of carbonyl (C=O) groups excluding carboxylic acids is 1. The van der Waals surface area contributed by atoms with Crippen LogP contribution in [0, 0.1) is 0 Å². The van der Waals surface area contributed by atoms with E-state index < -0.39 is 0 Å². The van der Waals surface area contributed by atoms with E-state index in [4.69, 9.17) is 0 Å². The van der Waals surface area contributed by atoms with Crippen LogP contribution in [0.3, 0.4) is 0 Å². The van der Waals surface area contributed by atoms with Crippen molar-refractivity contribution in [1.29, 1.82) is 0 Å². The van der Waals surface area contributed by atoms with Crippen molar-refractivity contribution >= 4 is 22.5 Å². The number of anilines is 1. The number of pyridine rings is 2. The van der Waals surface area contributed by atoms with Gasteiger partial charge < -0.3 is 5.32 Å². The molecule has 0 saturated heterocycles. The van der Waals surface area contributed by atoms with Crippen molar-refractivity contribution in [3.63, 3.8) is 0 Å². The Morgan fingerprint density at radius 2 is 1.96 bits per heavy atom. The molecule has 0 spiro atoms. The van der Waals surface area contributed by atoms with Crippen LogP contribution in [-0.2, 0) is 0 Å². The number of imidazole rings is 1. The lowest BCUT2D eigenvalue weighted by Gasteiger charge is -2.06. The summed E-state index contributed by atoms with van der Waals surface area (Å²) in [6.07, 6.45) is 6.76. The Morgan fingerprint density at radius 1 is 1.04 bits per heavy atom. The van der Waals surface area contributed by atoms with E-state index in [0.717, 1.165) is 16.7 Å². The predicted octanol–water partition coefficient (Wildman–Crippen LogP) is 3.07. The van der Waals surface area contributed by atoms with Crippen molar-refractivity contribution in [2.24, 2.45) is 0 Å². The van der Waals surface area contributed by atoms with Gasteiger partial charge in [0.05, 0.1) is 17.4 Å². The fourth-order valence-electron chi connectivity index (χ4n) is 2.39. The number of para-hydroxylation sites is 1. The number of nitrogens with zero attached hydrogens (tertiary/aromatic N) is 4. The minimum absolute atomic E-state index is 0.266. The van der Waals surface area contributed by atoms with Gasteiger partial charge in [-0.15, -0.1) is 0 Å². The minimum Gasteiger partial charge on any atom is -0.319 e. The predicted molar refractivity (Wildman–Crippen MR) is 91.1 cm³/mol. The van der Waals surface area contributed by atoms with Gasteiger partial charge in [0.15, 0.2) is 0 Å². The van der Waals surface area contributed by atoms with Crippen LogP contribution in [0.1, 0.15) is 10.5 Å². The average molecular weight is 315 g/mol. The van der Waals surface area contributed by atoms with Crippen molar-refractivity contribution in [3.8, 4) is 5.82 Å². The molecule has 24 heavy (non-hydrogen) atoms. The zero-order chi connectivity index (χ0) is 16.4. The highest BCUT2D eigenvalue weighted by atomic mass is 16.1. The summed E-state index contributed by atoms with van der Waals surface area (Å²) < 4.78 is 1.79. The van der Waals surface area contributed by atoms with E-state index in [-0.39, 0.29) is 5.91 Å². The van der Waals surface area contributed by atoms with Gasteiger partial charge in [-0.25, -0.2) is 15.0 Å². The van der Waals surface area contributed by atoms with Crippen molar-refractivity contribution in [2.45, 2.75) is 0 Å². The molecule has 0 radical (unpaired) electrons. The van der Waals surface area contributed by atoms with Crippen molar-refractivity contribution in [1.82, 2.24) is 19.5 Å². The van der Waals surface area contributed by atoms with Crippen LogP contribution >= 0.6 is 0 Å². The maximum atomic E-state index is 12.4. The van der Waals surface area contributed by atoms with Gasteiger partial charge in [-0.2, -0.15) is 0 Å². The zero-order valence-corrected chi connectivity index (χ0v) is 12.6. The molecule has 6 nitrogen and oxygen atoms in total. The number of benzene rings is 1. The standard InChI is InChI=1S/C18H13N5O/c24-18(16-7-5-13-3-1-2-4-15(13)22-16)21-14-6-8-17(20-11-14)23-10-9-19-12-23/h1-12H,(H,21,24). The number of fused-ring (bicyclic) bond motifs is 1.